The van der Waals surface area contributed by atoms with Crippen LogP contribution in [-0.2, 0) is 11.3 Å². The van der Waals surface area contributed by atoms with E-state index >= 15 is 0 Å². The maximum atomic E-state index is 5.64. The van der Waals surface area contributed by atoms with Crippen molar-refractivity contribution >= 4 is 5.96 Å². The minimum atomic E-state index is 0.708. The first kappa shape index (κ1) is 15.8. The summed E-state index contributed by atoms with van der Waals surface area (Å²) in [5.41, 5.74) is 1.23. The summed E-state index contributed by atoms with van der Waals surface area (Å²) >= 11 is 0. The van der Waals surface area contributed by atoms with Crippen LogP contribution in [0.5, 0.6) is 0 Å². The Morgan fingerprint density at radius 3 is 2.71 bits per heavy atom. The molecule has 1 fully saturated rings. The number of nitrogens with zero attached hydrogens (tertiary/aromatic N) is 2. The maximum Gasteiger partial charge on any atom is 0.193 e. The van der Waals surface area contributed by atoms with Gasteiger partial charge >= 0.3 is 0 Å². The van der Waals surface area contributed by atoms with Gasteiger partial charge in [-0.05, 0) is 30.7 Å². The van der Waals surface area contributed by atoms with Gasteiger partial charge in [0.05, 0.1) is 6.54 Å². The maximum absolute atomic E-state index is 5.64. The molecule has 1 saturated carbocycles. The van der Waals surface area contributed by atoms with E-state index in [4.69, 9.17) is 4.74 Å². The van der Waals surface area contributed by atoms with E-state index < -0.39 is 0 Å². The van der Waals surface area contributed by atoms with Crippen molar-refractivity contribution < 1.29 is 4.74 Å². The topological polar surface area (TPSA) is 36.9 Å². The molecule has 0 amide bonds. The van der Waals surface area contributed by atoms with Crippen molar-refractivity contribution in [2.24, 2.45) is 10.9 Å². The molecule has 0 heterocycles. The molecule has 21 heavy (non-hydrogen) atoms. The largest absolute Gasteiger partial charge is 0.381 e. The van der Waals surface area contributed by atoms with Crippen LogP contribution in [-0.4, -0.2) is 44.7 Å². The molecule has 0 radical (unpaired) electrons. The van der Waals surface area contributed by atoms with Crippen LogP contribution in [0.15, 0.2) is 35.3 Å². The van der Waals surface area contributed by atoms with Gasteiger partial charge in [-0.1, -0.05) is 30.3 Å². The zero-order chi connectivity index (χ0) is 14.9. The first-order chi connectivity index (χ1) is 10.3. The lowest BCUT2D eigenvalue weighted by Crippen LogP contribution is -2.37. The fourth-order valence-electron chi connectivity index (χ4n) is 2.01. The molecule has 0 spiro atoms. The summed E-state index contributed by atoms with van der Waals surface area (Å²) in [6.45, 7) is 3.39. The third kappa shape index (κ3) is 6.63. The number of aliphatic imine (C=N–C) groups is 1. The Hall–Kier alpha value is -1.55. The molecule has 1 aliphatic carbocycles. The van der Waals surface area contributed by atoms with E-state index in [1.165, 1.54) is 18.4 Å². The van der Waals surface area contributed by atoms with Gasteiger partial charge < -0.3 is 15.0 Å². The predicted octanol–water partition coefficient (Wildman–Crippen LogP) is 2.51. The van der Waals surface area contributed by atoms with E-state index in [0.29, 0.717) is 6.54 Å². The first-order valence-corrected chi connectivity index (χ1v) is 7.83. The van der Waals surface area contributed by atoms with Crippen molar-refractivity contribution in [1.29, 1.82) is 0 Å². The minimum Gasteiger partial charge on any atom is -0.381 e. The van der Waals surface area contributed by atoms with Crippen LogP contribution in [0, 0.1) is 5.92 Å². The second-order valence-electron chi connectivity index (χ2n) is 5.82. The molecule has 1 aromatic carbocycles. The van der Waals surface area contributed by atoms with Gasteiger partial charge in [0.2, 0.25) is 0 Å². The summed E-state index contributed by atoms with van der Waals surface area (Å²) < 4.78 is 5.64. The molecule has 1 aliphatic rings. The van der Waals surface area contributed by atoms with Gasteiger partial charge in [-0.15, -0.1) is 0 Å². The van der Waals surface area contributed by atoms with Crippen LogP contribution in [0.3, 0.4) is 0 Å². The number of hydrogen-bond donors (Lipinski definition) is 1. The number of benzene rings is 1. The quantitative estimate of drug-likeness (QED) is 0.454. The fraction of sp³-hybridized carbons (Fsp3) is 0.588. The molecule has 1 aromatic rings. The minimum absolute atomic E-state index is 0.708. The summed E-state index contributed by atoms with van der Waals surface area (Å²) in [6, 6.07) is 10.3. The molecular formula is C17H27N3O. The Balaban J connectivity index is 1.65. The Morgan fingerprint density at radius 2 is 2.05 bits per heavy atom. The van der Waals surface area contributed by atoms with Crippen molar-refractivity contribution in [1.82, 2.24) is 10.2 Å². The molecule has 116 valence electrons. The Bertz CT molecular complexity index is 427. The van der Waals surface area contributed by atoms with E-state index in [1.54, 1.807) is 0 Å². The number of rotatable bonds is 8. The van der Waals surface area contributed by atoms with Crippen molar-refractivity contribution in [3.63, 3.8) is 0 Å². The Morgan fingerprint density at radius 1 is 1.29 bits per heavy atom. The number of nitrogens with one attached hydrogen (secondary N) is 1. The third-order valence-corrected chi connectivity index (χ3v) is 3.48. The van der Waals surface area contributed by atoms with Crippen LogP contribution < -0.4 is 5.32 Å². The van der Waals surface area contributed by atoms with Crippen molar-refractivity contribution in [2.75, 3.05) is 33.9 Å². The predicted molar refractivity (Wildman–Crippen MR) is 87.4 cm³/mol. The molecule has 1 N–H and O–H groups in total. The Labute approximate surface area is 128 Å². The van der Waals surface area contributed by atoms with Crippen LogP contribution in [0.2, 0.25) is 0 Å². The van der Waals surface area contributed by atoms with E-state index in [0.717, 1.165) is 38.1 Å². The van der Waals surface area contributed by atoms with Crippen LogP contribution in [0.25, 0.3) is 0 Å². The standard InChI is InChI=1S/C17H27N3O/c1-20(2)17(19-13-15-7-4-3-5-8-15)18-11-6-12-21-14-16-9-10-16/h3-5,7-8,16H,6,9-14H2,1-2H3,(H,18,19). The summed E-state index contributed by atoms with van der Waals surface area (Å²) in [5.74, 6) is 1.78. The zero-order valence-corrected chi connectivity index (χ0v) is 13.2. The van der Waals surface area contributed by atoms with Gasteiger partial charge in [0.15, 0.2) is 5.96 Å². The highest BCUT2D eigenvalue weighted by Gasteiger charge is 2.20. The van der Waals surface area contributed by atoms with Gasteiger partial charge in [0.1, 0.15) is 0 Å². The zero-order valence-electron chi connectivity index (χ0n) is 13.2. The van der Waals surface area contributed by atoms with Crippen LogP contribution in [0.1, 0.15) is 24.8 Å². The lowest BCUT2D eigenvalue weighted by atomic mass is 10.2. The molecular weight excluding hydrogens is 262 g/mol. The average molecular weight is 289 g/mol. The van der Waals surface area contributed by atoms with Gasteiger partial charge in [0.25, 0.3) is 0 Å². The highest BCUT2D eigenvalue weighted by Crippen LogP contribution is 2.28. The second-order valence-corrected chi connectivity index (χ2v) is 5.82. The number of hydrogen-bond acceptors (Lipinski definition) is 2. The van der Waals surface area contributed by atoms with Gasteiger partial charge in [-0.2, -0.15) is 0 Å². The van der Waals surface area contributed by atoms with E-state index in [2.05, 4.69) is 22.4 Å². The van der Waals surface area contributed by atoms with Crippen molar-refractivity contribution in [3.05, 3.63) is 35.9 Å². The molecule has 0 aromatic heterocycles. The average Bonchev–Trinajstić information content (AvgIpc) is 3.30. The highest BCUT2D eigenvalue weighted by molar-refractivity contribution is 5.79. The molecule has 0 unspecified atom stereocenters. The molecule has 4 heteroatoms. The number of ether oxygens (including phenoxy) is 1. The van der Waals surface area contributed by atoms with Crippen molar-refractivity contribution in [2.45, 2.75) is 25.8 Å². The molecule has 2 rings (SSSR count). The van der Waals surface area contributed by atoms with Gasteiger partial charge in [-0.25, -0.2) is 4.99 Å². The number of guanidine groups is 1. The van der Waals surface area contributed by atoms with Gasteiger partial charge in [-0.3, -0.25) is 0 Å². The molecule has 4 nitrogen and oxygen atoms in total. The highest BCUT2D eigenvalue weighted by atomic mass is 16.5. The summed E-state index contributed by atoms with van der Waals surface area (Å²) in [6.07, 6.45) is 3.73. The van der Waals surface area contributed by atoms with Crippen LogP contribution >= 0.6 is 0 Å². The lowest BCUT2D eigenvalue weighted by molar-refractivity contribution is 0.122. The van der Waals surface area contributed by atoms with E-state index in [-0.39, 0.29) is 0 Å². The Kier molecular flexibility index (Phi) is 6.54. The third-order valence-electron chi connectivity index (χ3n) is 3.48. The first-order valence-electron chi connectivity index (χ1n) is 7.83. The lowest BCUT2D eigenvalue weighted by Gasteiger charge is -2.17. The fourth-order valence-corrected chi connectivity index (χ4v) is 2.01. The smallest absolute Gasteiger partial charge is 0.193 e. The molecule has 0 atom stereocenters. The van der Waals surface area contributed by atoms with Gasteiger partial charge in [0, 0.05) is 33.9 Å². The molecule has 0 saturated heterocycles. The summed E-state index contributed by atoms with van der Waals surface area (Å²) in [7, 11) is 4.03. The van der Waals surface area contributed by atoms with E-state index in [9.17, 15) is 0 Å². The normalized spacial score (nSPS) is 15.0. The monoisotopic (exact) mass is 289 g/mol. The summed E-state index contributed by atoms with van der Waals surface area (Å²) in [4.78, 5) is 6.66. The SMILES string of the molecule is CN(C)C(=NCc1ccccc1)NCCCOCC1CC1. The van der Waals surface area contributed by atoms with Crippen LogP contribution in [0.4, 0.5) is 0 Å². The summed E-state index contributed by atoms with van der Waals surface area (Å²) in [5, 5.41) is 3.39. The molecule has 0 aliphatic heterocycles. The van der Waals surface area contributed by atoms with E-state index in [1.807, 2.05) is 37.2 Å². The molecule has 0 bridgehead atoms. The van der Waals surface area contributed by atoms with Crippen molar-refractivity contribution in [3.8, 4) is 0 Å². The second kappa shape index (κ2) is 8.67.